The van der Waals surface area contributed by atoms with Gasteiger partial charge in [-0.2, -0.15) is 0 Å². The predicted molar refractivity (Wildman–Crippen MR) is 190 cm³/mol. The summed E-state index contributed by atoms with van der Waals surface area (Å²) in [6, 6.07) is 19.9. The SMILES string of the molecule is CCOC(=O)c1ccc(CN2CCN(CC(O)CC(Cc3ccccc3)C(=O)NC3c4ccccc4CC3O)C(C(=O)NC(C)(C)C)C2)cn1. The molecule has 2 aromatic carbocycles. The summed E-state index contributed by atoms with van der Waals surface area (Å²) < 4.78 is 5.04. The molecule has 0 spiro atoms. The molecule has 0 saturated carbocycles. The van der Waals surface area contributed by atoms with E-state index in [1.807, 2.05) is 86.3 Å². The molecule has 2 amide bonds. The van der Waals surface area contributed by atoms with E-state index in [1.54, 1.807) is 19.2 Å². The van der Waals surface area contributed by atoms with E-state index in [-0.39, 0.29) is 37.1 Å². The Labute approximate surface area is 295 Å². The molecule has 2 heterocycles. The van der Waals surface area contributed by atoms with E-state index >= 15 is 0 Å². The van der Waals surface area contributed by atoms with E-state index in [9.17, 15) is 24.6 Å². The first-order chi connectivity index (χ1) is 23.9. The lowest BCUT2D eigenvalue weighted by molar-refractivity contribution is -0.132. The van der Waals surface area contributed by atoms with E-state index in [1.165, 1.54) is 0 Å². The molecule has 268 valence electrons. The number of benzene rings is 2. The molecular weight excluding hydrogens is 634 g/mol. The lowest BCUT2D eigenvalue weighted by Gasteiger charge is -2.42. The Bertz CT molecular complexity index is 1590. The van der Waals surface area contributed by atoms with Crippen LogP contribution < -0.4 is 10.6 Å². The van der Waals surface area contributed by atoms with Crippen LogP contribution in [0.4, 0.5) is 0 Å². The van der Waals surface area contributed by atoms with Crippen LogP contribution in [0.1, 0.15) is 72.9 Å². The van der Waals surface area contributed by atoms with Gasteiger partial charge in [-0.25, -0.2) is 9.78 Å². The van der Waals surface area contributed by atoms with Gasteiger partial charge in [0.25, 0.3) is 0 Å². The van der Waals surface area contributed by atoms with Crippen LogP contribution in [0.2, 0.25) is 0 Å². The van der Waals surface area contributed by atoms with Gasteiger partial charge in [0.05, 0.1) is 24.9 Å². The van der Waals surface area contributed by atoms with Crippen molar-refractivity contribution in [1.82, 2.24) is 25.4 Å². The van der Waals surface area contributed by atoms with Crippen LogP contribution in [0.3, 0.4) is 0 Å². The second-order valence-corrected chi connectivity index (χ2v) is 14.5. The zero-order chi connectivity index (χ0) is 35.8. The molecular formula is C39H51N5O6. The van der Waals surface area contributed by atoms with Gasteiger partial charge in [0.2, 0.25) is 11.8 Å². The van der Waals surface area contributed by atoms with E-state index in [2.05, 4.69) is 20.5 Å². The molecule has 1 aliphatic heterocycles. The van der Waals surface area contributed by atoms with Crippen LogP contribution in [0.25, 0.3) is 0 Å². The fourth-order valence-electron chi connectivity index (χ4n) is 6.92. The molecule has 0 bridgehead atoms. The average Bonchev–Trinajstić information content (AvgIpc) is 3.39. The Morgan fingerprint density at radius 2 is 1.74 bits per heavy atom. The maximum Gasteiger partial charge on any atom is 0.356 e. The normalized spacial score (nSPS) is 20.8. The number of aliphatic hydroxyl groups excluding tert-OH is 2. The Morgan fingerprint density at radius 1 is 1.00 bits per heavy atom. The minimum Gasteiger partial charge on any atom is -0.461 e. The van der Waals surface area contributed by atoms with Crippen molar-refractivity contribution in [3.8, 4) is 0 Å². The van der Waals surface area contributed by atoms with Crippen LogP contribution in [-0.2, 0) is 33.7 Å². The number of nitrogens with zero attached hydrogens (tertiary/aromatic N) is 3. The van der Waals surface area contributed by atoms with Crippen molar-refractivity contribution in [1.29, 1.82) is 0 Å². The number of hydrogen-bond donors (Lipinski definition) is 4. The minimum atomic E-state index is -0.883. The van der Waals surface area contributed by atoms with E-state index in [4.69, 9.17) is 4.74 Å². The fourth-order valence-corrected chi connectivity index (χ4v) is 6.92. The highest BCUT2D eigenvalue weighted by atomic mass is 16.5. The van der Waals surface area contributed by atoms with Crippen LogP contribution in [0.5, 0.6) is 0 Å². The number of hydrogen-bond acceptors (Lipinski definition) is 9. The summed E-state index contributed by atoms with van der Waals surface area (Å²) in [6.07, 6.45) is 1.16. The number of nitrogens with one attached hydrogen (secondary N) is 2. The molecule has 1 aliphatic carbocycles. The second kappa shape index (κ2) is 16.7. The first-order valence-electron chi connectivity index (χ1n) is 17.6. The topological polar surface area (TPSA) is 144 Å². The number of rotatable bonds is 13. The third-order valence-electron chi connectivity index (χ3n) is 9.29. The monoisotopic (exact) mass is 685 g/mol. The highest BCUT2D eigenvalue weighted by molar-refractivity contribution is 5.87. The first kappa shape index (κ1) is 37.1. The Hall–Kier alpha value is -4.16. The Balaban J connectivity index is 1.27. The van der Waals surface area contributed by atoms with Gasteiger partial charge < -0.3 is 25.6 Å². The number of carbonyl (C=O) groups excluding carboxylic acids is 3. The molecule has 5 rings (SSSR count). The molecule has 2 aliphatic rings. The summed E-state index contributed by atoms with van der Waals surface area (Å²) in [5, 5.41) is 28.6. The number of ether oxygens (including phenoxy) is 1. The average molecular weight is 686 g/mol. The number of esters is 1. The van der Waals surface area contributed by atoms with Crippen molar-refractivity contribution in [2.45, 2.75) is 83.3 Å². The molecule has 5 unspecified atom stereocenters. The van der Waals surface area contributed by atoms with Gasteiger partial charge >= 0.3 is 5.97 Å². The van der Waals surface area contributed by atoms with Crippen molar-refractivity contribution < 1.29 is 29.3 Å². The van der Waals surface area contributed by atoms with Crippen molar-refractivity contribution in [2.24, 2.45) is 5.92 Å². The first-order valence-corrected chi connectivity index (χ1v) is 17.6. The Kier molecular flexibility index (Phi) is 12.4. The van der Waals surface area contributed by atoms with Crippen molar-refractivity contribution in [3.05, 3.63) is 101 Å². The maximum absolute atomic E-state index is 13.9. The highest BCUT2D eigenvalue weighted by Crippen LogP contribution is 2.32. The number of pyridine rings is 1. The molecule has 1 aromatic heterocycles. The standard InChI is InChI=1S/C39H51N5O6/c1-5-50-38(49)32-16-15-27(22-40-32)23-43-17-18-44(33(25-43)37(48)42-39(2,3)4)24-30(45)20-29(19-26-11-7-6-8-12-26)36(47)41-35-31-14-10-9-13-28(31)21-34(35)46/h6-16,22,29-30,33-35,45-46H,5,17-21,23-25H2,1-4H3,(H,41,47)(H,42,48). The molecule has 1 fully saturated rings. The van der Waals surface area contributed by atoms with E-state index < -0.39 is 41.7 Å². The number of piperazine rings is 1. The summed E-state index contributed by atoms with van der Waals surface area (Å²) in [6.45, 7) is 10.2. The Morgan fingerprint density at radius 3 is 2.44 bits per heavy atom. The molecule has 11 nitrogen and oxygen atoms in total. The van der Waals surface area contributed by atoms with Crippen LogP contribution in [-0.4, -0.2) is 99.4 Å². The quantitative estimate of drug-likeness (QED) is 0.200. The number of carbonyl (C=O) groups is 3. The maximum atomic E-state index is 13.9. The molecule has 0 radical (unpaired) electrons. The summed E-state index contributed by atoms with van der Waals surface area (Å²) >= 11 is 0. The van der Waals surface area contributed by atoms with Gasteiger partial charge in [-0.15, -0.1) is 0 Å². The number of aliphatic hydroxyl groups is 2. The van der Waals surface area contributed by atoms with Crippen molar-refractivity contribution in [3.63, 3.8) is 0 Å². The third-order valence-corrected chi connectivity index (χ3v) is 9.29. The molecule has 11 heteroatoms. The van der Waals surface area contributed by atoms with Crippen molar-refractivity contribution >= 4 is 17.8 Å². The third kappa shape index (κ3) is 9.97. The van der Waals surface area contributed by atoms with E-state index in [0.29, 0.717) is 39.0 Å². The number of amides is 2. The summed E-state index contributed by atoms with van der Waals surface area (Å²) in [4.78, 5) is 48.0. The smallest absolute Gasteiger partial charge is 0.356 e. The summed E-state index contributed by atoms with van der Waals surface area (Å²) in [5.74, 6) is -1.36. The number of β-amino-alcohol motifs (C(OH)–C–C–N with tert-alkyl or cyclic N) is 1. The van der Waals surface area contributed by atoms with Gasteiger partial charge in [-0.1, -0.05) is 60.7 Å². The zero-order valence-corrected chi connectivity index (χ0v) is 29.5. The molecule has 5 atom stereocenters. The van der Waals surface area contributed by atoms with Crippen LogP contribution in [0, 0.1) is 5.92 Å². The van der Waals surface area contributed by atoms with Crippen molar-refractivity contribution in [2.75, 3.05) is 32.8 Å². The molecule has 4 N–H and O–H groups in total. The van der Waals surface area contributed by atoms with Gasteiger partial charge in [0.1, 0.15) is 11.7 Å². The lowest BCUT2D eigenvalue weighted by Crippen LogP contribution is -2.61. The highest BCUT2D eigenvalue weighted by Gasteiger charge is 2.37. The molecule has 50 heavy (non-hydrogen) atoms. The van der Waals surface area contributed by atoms with Gasteiger partial charge in [0.15, 0.2) is 0 Å². The van der Waals surface area contributed by atoms with Crippen LogP contribution >= 0.6 is 0 Å². The lowest BCUT2D eigenvalue weighted by atomic mass is 9.91. The molecule has 3 aromatic rings. The van der Waals surface area contributed by atoms with Crippen LogP contribution in [0.15, 0.2) is 72.9 Å². The summed E-state index contributed by atoms with van der Waals surface area (Å²) in [5.41, 5.74) is 3.63. The predicted octanol–water partition coefficient (Wildman–Crippen LogP) is 3.04. The summed E-state index contributed by atoms with van der Waals surface area (Å²) in [7, 11) is 0. The largest absolute Gasteiger partial charge is 0.461 e. The van der Waals surface area contributed by atoms with Gasteiger partial charge in [-0.3, -0.25) is 19.4 Å². The second-order valence-electron chi connectivity index (χ2n) is 14.5. The molecule has 1 saturated heterocycles. The number of aromatic nitrogens is 1. The zero-order valence-electron chi connectivity index (χ0n) is 29.5. The van der Waals surface area contributed by atoms with Gasteiger partial charge in [-0.05, 0) is 68.9 Å². The van der Waals surface area contributed by atoms with E-state index in [0.717, 1.165) is 22.3 Å². The minimum absolute atomic E-state index is 0.127. The number of fused-ring (bicyclic) bond motifs is 1. The van der Waals surface area contributed by atoms with Gasteiger partial charge in [0, 0.05) is 56.8 Å². The fraction of sp³-hybridized carbons (Fsp3) is 0.487.